The van der Waals surface area contributed by atoms with Crippen LogP contribution in [0.5, 0.6) is 0 Å². The van der Waals surface area contributed by atoms with Crippen LogP contribution < -0.4 is 0 Å². The summed E-state index contributed by atoms with van der Waals surface area (Å²) in [5, 5.41) is 13.8. The second kappa shape index (κ2) is 5.37. The Bertz CT molecular complexity index is 769. The van der Waals surface area contributed by atoms with Crippen LogP contribution in [0.4, 0.5) is 0 Å². The molecule has 1 aliphatic heterocycles. The van der Waals surface area contributed by atoms with Crippen LogP contribution in [-0.4, -0.2) is 43.6 Å². The number of aliphatic carboxylic acids is 1. The van der Waals surface area contributed by atoms with Crippen LogP contribution in [-0.2, 0) is 4.79 Å². The Labute approximate surface area is 133 Å². The average Bonchev–Trinajstić information content (AvgIpc) is 3.16. The third-order valence-corrected chi connectivity index (χ3v) is 5.26. The highest BCUT2D eigenvalue weighted by atomic mass is 16.4. The van der Waals surface area contributed by atoms with Gasteiger partial charge in [-0.1, -0.05) is 18.9 Å². The topological polar surface area (TPSA) is 74.9 Å². The standard InChI is InChI=1S/C17H19N3O3/c21-16(12-10-18-19-8-4-3-7-14(12)19)20-13-6-2-1-5-11(13)9-15(20)17(22)23/h3-4,7-8,10-11,13,15H,1-2,5-6,9H2,(H,22,23). The first-order chi connectivity index (χ1) is 11.2. The molecule has 0 aromatic carbocycles. The first kappa shape index (κ1) is 14.2. The molecule has 2 fully saturated rings. The zero-order valence-electron chi connectivity index (χ0n) is 12.8. The first-order valence-corrected chi connectivity index (χ1v) is 8.14. The van der Waals surface area contributed by atoms with Gasteiger partial charge in [-0.2, -0.15) is 5.10 Å². The van der Waals surface area contributed by atoms with Gasteiger partial charge in [-0.25, -0.2) is 9.31 Å². The van der Waals surface area contributed by atoms with Gasteiger partial charge in [0.25, 0.3) is 5.91 Å². The van der Waals surface area contributed by atoms with E-state index >= 15 is 0 Å². The number of pyridine rings is 1. The number of amides is 1. The number of carbonyl (C=O) groups excluding carboxylic acids is 1. The normalized spacial score (nSPS) is 27.1. The number of hydrogen-bond donors (Lipinski definition) is 1. The molecule has 0 spiro atoms. The number of hydrogen-bond acceptors (Lipinski definition) is 3. The highest BCUT2D eigenvalue weighted by Crippen LogP contribution is 2.40. The Morgan fingerprint density at radius 3 is 2.87 bits per heavy atom. The van der Waals surface area contributed by atoms with Crippen LogP contribution in [0.25, 0.3) is 5.52 Å². The molecule has 3 unspecified atom stereocenters. The molecule has 0 radical (unpaired) electrons. The minimum absolute atomic E-state index is 0.0519. The summed E-state index contributed by atoms with van der Waals surface area (Å²) in [5.41, 5.74) is 1.21. The van der Waals surface area contributed by atoms with E-state index in [4.69, 9.17) is 0 Å². The van der Waals surface area contributed by atoms with E-state index in [1.54, 1.807) is 21.8 Å². The molecule has 3 heterocycles. The van der Waals surface area contributed by atoms with Gasteiger partial charge < -0.3 is 10.0 Å². The molecule has 1 saturated heterocycles. The predicted molar refractivity (Wildman–Crippen MR) is 83.1 cm³/mol. The second-order valence-corrected chi connectivity index (χ2v) is 6.50. The van der Waals surface area contributed by atoms with Crippen LogP contribution in [0.1, 0.15) is 42.5 Å². The lowest BCUT2D eigenvalue weighted by molar-refractivity contribution is -0.141. The summed E-state index contributed by atoms with van der Waals surface area (Å²) >= 11 is 0. The highest BCUT2D eigenvalue weighted by molar-refractivity contribution is 6.02. The van der Waals surface area contributed by atoms with E-state index in [0.717, 1.165) is 31.2 Å². The van der Waals surface area contributed by atoms with E-state index in [1.165, 1.54) is 0 Å². The predicted octanol–water partition coefficient (Wildman–Crippen LogP) is 2.19. The Morgan fingerprint density at radius 2 is 2.04 bits per heavy atom. The van der Waals surface area contributed by atoms with Gasteiger partial charge in [0, 0.05) is 12.2 Å². The van der Waals surface area contributed by atoms with Crippen molar-refractivity contribution >= 4 is 17.4 Å². The first-order valence-electron chi connectivity index (χ1n) is 8.14. The fourth-order valence-electron chi connectivity index (χ4n) is 4.21. The molecule has 1 N–H and O–H groups in total. The van der Waals surface area contributed by atoms with Crippen molar-refractivity contribution in [1.82, 2.24) is 14.5 Å². The van der Waals surface area contributed by atoms with Gasteiger partial charge in [-0.05, 0) is 37.3 Å². The van der Waals surface area contributed by atoms with E-state index in [1.807, 2.05) is 18.2 Å². The van der Waals surface area contributed by atoms with Crippen molar-refractivity contribution in [3.05, 3.63) is 36.2 Å². The van der Waals surface area contributed by atoms with Crippen molar-refractivity contribution in [2.24, 2.45) is 5.92 Å². The molecule has 120 valence electrons. The lowest BCUT2D eigenvalue weighted by Gasteiger charge is -2.32. The lowest BCUT2D eigenvalue weighted by atomic mass is 9.84. The number of likely N-dealkylation sites (tertiary alicyclic amines) is 1. The maximum Gasteiger partial charge on any atom is 0.326 e. The Balaban J connectivity index is 1.74. The second-order valence-electron chi connectivity index (χ2n) is 6.50. The molecular weight excluding hydrogens is 294 g/mol. The molecule has 2 aliphatic rings. The molecule has 23 heavy (non-hydrogen) atoms. The maximum atomic E-state index is 13.1. The Kier molecular flexibility index (Phi) is 3.32. The molecule has 2 aromatic rings. The van der Waals surface area contributed by atoms with Crippen LogP contribution in [0.3, 0.4) is 0 Å². The molecule has 3 atom stereocenters. The molecule has 1 saturated carbocycles. The number of carboxylic acids is 1. The third-order valence-electron chi connectivity index (χ3n) is 5.26. The monoisotopic (exact) mass is 313 g/mol. The molecule has 4 rings (SSSR count). The third kappa shape index (κ3) is 2.20. The molecule has 0 bridgehead atoms. The number of rotatable bonds is 2. The van der Waals surface area contributed by atoms with Crippen molar-refractivity contribution in [3.8, 4) is 0 Å². The van der Waals surface area contributed by atoms with Gasteiger partial charge in [0.05, 0.1) is 17.3 Å². The average molecular weight is 313 g/mol. The number of aromatic nitrogens is 2. The Morgan fingerprint density at radius 1 is 1.22 bits per heavy atom. The minimum Gasteiger partial charge on any atom is -0.480 e. The fraction of sp³-hybridized carbons (Fsp3) is 0.471. The van der Waals surface area contributed by atoms with Crippen LogP contribution in [0, 0.1) is 5.92 Å². The summed E-state index contributed by atoms with van der Waals surface area (Å²) in [7, 11) is 0. The molecule has 6 heteroatoms. The van der Waals surface area contributed by atoms with E-state index in [-0.39, 0.29) is 11.9 Å². The Hall–Kier alpha value is -2.37. The summed E-state index contributed by atoms with van der Waals surface area (Å²) in [5.74, 6) is -0.784. The van der Waals surface area contributed by atoms with Gasteiger partial charge in [-0.15, -0.1) is 0 Å². The number of carboxylic acid groups (broad SMARTS) is 1. The quantitative estimate of drug-likeness (QED) is 0.922. The van der Waals surface area contributed by atoms with Crippen LogP contribution in [0.15, 0.2) is 30.6 Å². The van der Waals surface area contributed by atoms with Gasteiger partial charge in [0.2, 0.25) is 0 Å². The van der Waals surface area contributed by atoms with Gasteiger partial charge >= 0.3 is 5.97 Å². The summed E-state index contributed by atoms with van der Waals surface area (Å²) in [6, 6.07) is 4.88. The minimum atomic E-state index is -0.899. The maximum absolute atomic E-state index is 13.1. The van der Waals surface area contributed by atoms with E-state index < -0.39 is 12.0 Å². The van der Waals surface area contributed by atoms with Crippen molar-refractivity contribution in [2.45, 2.75) is 44.2 Å². The van der Waals surface area contributed by atoms with E-state index in [0.29, 0.717) is 17.9 Å². The van der Waals surface area contributed by atoms with Crippen molar-refractivity contribution < 1.29 is 14.7 Å². The number of carbonyl (C=O) groups is 2. The summed E-state index contributed by atoms with van der Waals surface area (Å²) in [4.78, 5) is 26.4. The van der Waals surface area contributed by atoms with E-state index in [9.17, 15) is 14.7 Å². The summed E-state index contributed by atoms with van der Waals surface area (Å²) < 4.78 is 1.65. The van der Waals surface area contributed by atoms with Crippen molar-refractivity contribution in [2.75, 3.05) is 0 Å². The number of nitrogens with zero attached hydrogens (tertiary/aromatic N) is 3. The SMILES string of the molecule is O=C(O)C1CC2CCCCC2N1C(=O)c1cnn2ccccc12. The lowest BCUT2D eigenvalue weighted by Crippen LogP contribution is -2.46. The largest absolute Gasteiger partial charge is 0.480 e. The molecule has 6 nitrogen and oxygen atoms in total. The van der Waals surface area contributed by atoms with Crippen molar-refractivity contribution in [3.63, 3.8) is 0 Å². The van der Waals surface area contributed by atoms with Crippen molar-refractivity contribution in [1.29, 1.82) is 0 Å². The molecule has 1 amide bonds. The number of fused-ring (bicyclic) bond motifs is 2. The van der Waals surface area contributed by atoms with Crippen LogP contribution >= 0.6 is 0 Å². The van der Waals surface area contributed by atoms with Gasteiger partial charge in [0.1, 0.15) is 6.04 Å². The molecule has 1 aliphatic carbocycles. The van der Waals surface area contributed by atoms with Gasteiger partial charge in [0.15, 0.2) is 0 Å². The summed E-state index contributed by atoms with van der Waals surface area (Å²) in [6.07, 6.45) is 8.02. The van der Waals surface area contributed by atoms with Crippen LogP contribution in [0.2, 0.25) is 0 Å². The summed E-state index contributed by atoms with van der Waals surface area (Å²) in [6.45, 7) is 0. The zero-order valence-corrected chi connectivity index (χ0v) is 12.8. The van der Waals surface area contributed by atoms with Gasteiger partial charge in [-0.3, -0.25) is 4.79 Å². The molecule has 2 aromatic heterocycles. The highest BCUT2D eigenvalue weighted by Gasteiger charge is 2.48. The smallest absolute Gasteiger partial charge is 0.326 e. The van der Waals surface area contributed by atoms with E-state index in [2.05, 4.69) is 5.10 Å². The molecular formula is C17H19N3O3. The zero-order chi connectivity index (χ0) is 16.0. The fourth-order valence-corrected chi connectivity index (χ4v) is 4.21.